The van der Waals surface area contributed by atoms with E-state index in [0.29, 0.717) is 19.4 Å². The van der Waals surface area contributed by atoms with E-state index in [1.54, 1.807) is 11.0 Å². The van der Waals surface area contributed by atoms with Crippen LogP contribution >= 0.6 is 0 Å². The molecule has 122 valence electrons. The van der Waals surface area contributed by atoms with Crippen molar-refractivity contribution >= 4 is 11.6 Å². The van der Waals surface area contributed by atoms with Gasteiger partial charge in [-0.1, -0.05) is 18.2 Å². The summed E-state index contributed by atoms with van der Waals surface area (Å²) in [5.41, 5.74) is 1.65. The predicted octanol–water partition coefficient (Wildman–Crippen LogP) is 3.07. The number of aromatic nitrogens is 3. The Labute approximate surface area is 140 Å². The number of nitrogens with zero attached hydrogens (tertiary/aromatic N) is 3. The number of rotatable bonds is 7. The Hall–Kier alpha value is -3.15. The van der Waals surface area contributed by atoms with Crippen molar-refractivity contribution in [3.05, 3.63) is 67.3 Å². The first-order valence-corrected chi connectivity index (χ1v) is 7.74. The first-order chi connectivity index (χ1) is 11.8. The van der Waals surface area contributed by atoms with Crippen molar-refractivity contribution in [2.24, 2.45) is 0 Å². The normalized spacial score (nSPS) is 10.3. The second-order valence-corrected chi connectivity index (χ2v) is 5.20. The highest BCUT2D eigenvalue weighted by molar-refractivity contribution is 5.90. The Balaban J connectivity index is 1.42. The van der Waals surface area contributed by atoms with Crippen LogP contribution in [-0.2, 0) is 4.79 Å². The van der Waals surface area contributed by atoms with Crippen LogP contribution in [0.15, 0.2) is 67.3 Å². The lowest BCUT2D eigenvalue weighted by molar-refractivity contribution is -0.116. The van der Waals surface area contributed by atoms with Crippen molar-refractivity contribution in [1.82, 2.24) is 14.8 Å². The van der Waals surface area contributed by atoms with Crippen molar-refractivity contribution in [1.29, 1.82) is 0 Å². The molecule has 0 spiro atoms. The molecule has 3 rings (SSSR count). The van der Waals surface area contributed by atoms with Crippen LogP contribution in [0, 0.1) is 0 Å². The summed E-state index contributed by atoms with van der Waals surface area (Å²) in [6, 6.07) is 17.0. The minimum absolute atomic E-state index is 0.0276. The average molecular weight is 322 g/mol. The maximum atomic E-state index is 11.9. The van der Waals surface area contributed by atoms with Gasteiger partial charge in [-0.25, -0.2) is 9.67 Å². The smallest absolute Gasteiger partial charge is 0.224 e. The lowest BCUT2D eigenvalue weighted by atomic mass is 10.2. The highest BCUT2D eigenvalue weighted by atomic mass is 16.5. The zero-order valence-electron chi connectivity index (χ0n) is 13.1. The molecule has 0 saturated carbocycles. The summed E-state index contributed by atoms with van der Waals surface area (Å²) < 4.78 is 7.23. The van der Waals surface area contributed by atoms with Crippen molar-refractivity contribution in [3.8, 4) is 11.4 Å². The molecule has 1 heterocycles. The molecule has 0 aliphatic rings. The molecule has 1 aromatic heterocycles. The van der Waals surface area contributed by atoms with Crippen LogP contribution in [0.2, 0.25) is 0 Å². The number of amides is 1. The van der Waals surface area contributed by atoms with E-state index in [-0.39, 0.29) is 5.91 Å². The van der Waals surface area contributed by atoms with Crippen LogP contribution < -0.4 is 10.1 Å². The number of hydrogen-bond acceptors (Lipinski definition) is 4. The Morgan fingerprint density at radius 3 is 2.58 bits per heavy atom. The first kappa shape index (κ1) is 15.7. The summed E-state index contributed by atoms with van der Waals surface area (Å²) in [6.45, 7) is 0.517. The average Bonchev–Trinajstić information content (AvgIpc) is 3.15. The van der Waals surface area contributed by atoms with E-state index in [2.05, 4.69) is 15.4 Å². The Morgan fingerprint density at radius 1 is 1.08 bits per heavy atom. The van der Waals surface area contributed by atoms with Crippen LogP contribution in [0.4, 0.5) is 5.69 Å². The molecular formula is C18H18N4O2. The van der Waals surface area contributed by atoms with E-state index in [4.69, 9.17) is 4.74 Å². The van der Waals surface area contributed by atoms with Crippen LogP contribution in [0.25, 0.3) is 5.69 Å². The van der Waals surface area contributed by atoms with Crippen LogP contribution in [0.1, 0.15) is 12.8 Å². The number of ether oxygens (including phenoxy) is 1. The Bertz CT molecular complexity index is 755. The third-order valence-corrected chi connectivity index (χ3v) is 3.39. The molecule has 0 bridgehead atoms. The molecule has 0 atom stereocenters. The van der Waals surface area contributed by atoms with Gasteiger partial charge in [0.1, 0.15) is 18.4 Å². The van der Waals surface area contributed by atoms with E-state index in [1.165, 1.54) is 6.33 Å². The van der Waals surface area contributed by atoms with Gasteiger partial charge < -0.3 is 10.1 Å². The number of carbonyl (C=O) groups excluding carboxylic acids is 1. The van der Waals surface area contributed by atoms with Gasteiger partial charge >= 0.3 is 0 Å². The molecular weight excluding hydrogens is 304 g/mol. The molecule has 0 unspecified atom stereocenters. The quantitative estimate of drug-likeness (QED) is 0.679. The number of nitrogens with one attached hydrogen (secondary N) is 1. The number of benzene rings is 2. The summed E-state index contributed by atoms with van der Waals surface area (Å²) in [7, 11) is 0. The molecule has 0 aliphatic heterocycles. The maximum absolute atomic E-state index is 11.9. The van der Waals surface area contributed by atoms with Crippen molar-refractivity contribution in [3.63, 3.8) is 0 Å². The van der Waals surface area contributed by atoms with Gasteiger partial charge in [0.25, 0.3) is 0 Å². The van der Waals surface area contributed by atoms with Crippen molar-refractivity contribution in [2.45, 2.75) is 12.8 Å². The fourth-order valence-electron chi connectivity index (χ4n) is 2.20. The number of carbonyl (C=O) groups is 1. The maximum Gasteiger partial charge on any atom is 0.224 e. The van der Waals surface area contributed by atoms with Crippen molar-refractivity contribution < 1.29 is 9.53 Å². The first-order valence-electron chi connectivity index (χ1n) is 7.74. The van der Waals surface area contributed by atoms with Gasteiger partial charge in [0, 0.05) is 12.1 Å². The van der Waals surface area contributed by atoms with Crippen LogP contribution in [-0.4, -0.2) is 27.3 Å². The molecule has 2 aromatic carbocycles. The lowest BCUT2D eigenvalue weighted by Crippen LogP contribution is -2.12. The third kappa shape index (κ3) is 4.42. The van der Waals surface area contributed by atoms with Gasteiger partial charge in [0.05, 0.1) is 12.3 Å². The Morgan fingerprint density at radius 2 is 1.88 bits per heavy atom. The van der Waals surface area contributed by atoms with Crippen LogP contribution in [0.5, 0.6) is 5.75 Å². The van der Waals surface area contributed by atoms with Gasteiger partial charge in [-0.05, 0) is 42.8 Å². The minimum Gasteiger partial charge on any atom is -0.494 e. The van der Waals surface area contributed by atoms with Gasteiger partial charge in [-0.15, -0.1) is 0 Å². The molecule has 0 radical (unpaired) electrons. The van der Waals surface area contributed by atoms with E-state index < -0.39 is 0 Å². The molecule has 0 fully saturated rings. The zero-order chi connectivity index (χ0) is 16.6. The molecule has 0 aliphatic carbocycles. The van der Waals surface area contributed by atoms with Gasteiger partial charge in [0.15, 0.2) is 0 Å². The largest absolute Gasteiger partial charge is 0.494 e. The number of hydrogen-bond donors (Lipinski definition) is 1. The van der Waals surface area contributed by atoms with Gasteiger partial charge in [-0.3, -0.25) is 4.79 Å². The van der Waals surface area contributed by atoms with E-state index in [0.717, 1.165) is 17.1 Å². The highest BCUT2D eigenvalue weighted by Crippen LogP contribution is 2.13. The highest BCUT2D eigenvalue weighted by Gasteiger charge is 2.03. The fraction of sp³-hybridized carbons (Fsp3) is 0.167. The minimum atomic E-state index is -0.0276. The molecule has 1 N–H and O–H groups in total. The van der Waals surface area contributed by atoms with E-state index in [1.807, 2.05) is 54.6 Å². The summed E-state index contributed by atoms with van der Waals surface area (Å²) in [4.78, 5) is 15.8. The zero-order valence-corrected chi connectivity index (χ0v) is 13.1. The van der Waals surface area contributed by atoms with Gasteiger partial charge in [-0.2, -0.15) is 5.10 Å². The molecule has 1 amide bonds. The monoisotopic (exact) mass is 322 g/mol. The van der Waals surface area contributed by atoms with Gasteiger partial charge in [0.2, 0.25) is 5.91 Å². The Kier molecular flexibility index (Phi) is 5.19. The molecule has 6 heteroatoms. The topological polar surface area (TPSA) is 69.0 Å². The fourth-order valence-corrected chi connectivity index (χ4v) is 2.20. The summed E-state index contributed by atoms with van der Waals surface area (Å²) in [5, 5.41) is 6.93. The molecule has 6 nitrogen and oxygen atoms in total. The predicted molar refractivity (Wildman–Crippen MR) is 91.2 cm³/mol. The second-order valence-electron chi connectivity index (χ2n) is 5.20. The van der Waals surface area contributed by atoms with Crippen molar-refractivity contribution in [2.75, 3.05) is 11.9 Å². The molecule has 24 heavy (non-hydrogen) atoms. The second kappa shape index (κ2) is 7.92. The third-order valence-electron chi connectivity index (χ3n) is 3.39. The van der Waals surface area contributed by atoms with E-state index in [9.17, 15) is 4.79 Å². The number of para-hydroxylation sites is 1. The van der Waals surface area contributed by atoms with E-state index >= 15 is 0 Å². The number of anilines is 1. The molecule has 3 aromatic rings. The molecule has 0 saturated heterocycles. The standard InChI is InChI=1S/C18H18N4O2/c23-18(7-4-12-24-17-5-2-1-3-6-17)21-15-8-10-16(11-9-15)22-14-19-13-20-22/h1-3,5-6,8-11,13-14H,4,7,12H2,(H,21,23). The summed E-state index contributed by atoms with van der Waals surface area (Å²) in [5.74, 6) is 0.793. The summed E-state index contributed by atoms with van der Waals surface area (Å²) >= 11 is 0. The lowest BCUT2D eigenvalue weighted by Gasteiger charge is -2.08. The SMILES string of the molecule is O=C(CCCOc1ccccc1)Nc1ccc(-n2cncn2)cc1. The summed E-state index contributed by atoms with van der Waals surface area (Å²) in [6.07, 6.45) is 4.18. The van der Waals surface area contributed by atoms with Crippen LogP contribution in [0.3, 0.4) is 0 Å².